The van der Waals surface area contributed by atoms with Crippen molar-refractivity contribution in [2.75, 3.05) is 30.4 Å². The summed E-state index contributed by atoms with van der Waals surface area (Å²) in [6.07, 6.45) is 7.96. The van der Waals surface area contributed by atoms with Crippen LogP contribution in [0.4, 0.5) is 11.6 Å². The third-order valence-electron chi connectivity index (χ3n) is 6.36. The van der Waals surface area contributed by atoms with E-state index in [1.165, 1.54) is 5.56 Å². The first-order valence-electron chi connectivity index (χ1n) is 13.2. The van der Waals surface area contributed by atoms with Crippen LogP contribution in [0.2, 0.25) is 0 Å². The first-order valence-corrected chi connectivity index (χ1v) is 13.2. The predicted molar refractivity (Wildman–Crippen MR) is 143 cm³/mol. The van der Waals surface area contributed by atoms with Crippen LogP contribution >= 0.6 is 0 Å². The molecule has 0 saturated carbocycles. The number of ether oxygens (including phenoxy) is 1. The lowest BCUT2D eigenvalue weighted by Gasteiger charge is -2.17. The average Bonchev–Trinajstić information content (AvgIpc) is 3.20. The molecular formula is C27H40N6O4. The number of amides is 1. The van der Waals surface area contributed by atoms with Gasteiger partial charge in [-0.15, -0.1) is 0 Å². The van der Waals surface area contributed by atoms with Crippen LogP contribution in [-0.2, 0) is 33.9 Å². The topological polar surface area (TPSA) is 146 Å². The fourth-order valence-electron chi connectivity index (χ4n) is 4.21. The minimum absolute atomic E-state index is 0.00868. The maximum absolute atomic E-state index is 12.7. The molecule has 1 amide bonds. The lowest BCUT2D eigenvalue weighted by Crippen LogP contribution is -2.26. The molecule has 3 rings (SSSR count). The highest BCUT2D eigenvalue weighted by molar-refractivity contribution is 6.01. The van der Waals surface area contributed by atoms with E-state index in [0.29, 0.717) is 36.8 Å². The van der Waals surface area contributed by atoms with Crippen molar-refractivity contribution in [2.24, 2.45) is 5.90 Å². The molecule has 1 aliphatic rings. The number of carbonyl (C=O) groups excluding carboxylic acids is 2. The van der Waals surface area contributed by atoms with Gasteiger partial charge in [0.25, 0.3) is 0 Å². The second kappa shape index (κ2) is 15.2. The van der Waals surface area contributed by atoms with E-state index in [2.05, 4.69) is 39.2 Å². The summed E-state index contributed by atoms with van der Waals surface area (Å²) in [5.74, 6) is 5.78. The molecule has 37 heavy (non-hydrogen) atoms. The molecule has 2 heterocycles. The molecule has 1 aromatic heterocycles. The molecule has 0 fully saturated rings. The molecule has 0 saturated heterocycles. The van der Waals surface area contributed by atoms with Gasteiger partial charge in [-0.3, -0.25) is 19.3 Å². The lowest BCUT2D eigenvalue weighted by atomic mass is 10.1. The zero-order chi connectivity index (χ0) is 26.5. The van der Waals surface area contributed by atoms with Gasteiger partial charge >= 0.3 is 6.01 Å². The van der Waals surface area contributed by atoms with Gasteiger partial charge in [-0.2, -0.15) is 9.97 Å². The molecule has 0 radical (unpaired) electrons. The highest BCUT2D eigenvalue weighted by atomic mass is 16.6. The minimum Gasteiger partial charge on any atom is -0.463 e. The molecule has 0 unspecified atom stereocenters. The number of anilines is 2. The molecule has 2 aromatic rings. The van der Waals surface area contributed by atoms with E-state index in [9.17, 15) is 9.59 Å². The summed E-state index contributed by atoms with van der Waals surface area (Å²) in [4.78, 5) is 38.7. The first-order chi connectivity index (χ1) is 18.0. The van der Waals surface area contributed by atoms with Crippen molar-refractivity contribution in [3.8, 4) is 6.01 Å². The van der Waals surface area contributed by atoms with Crippen LogP contribution in [0.1, 0.15) is 75.0 Å². The summed E-state index contributed by atoms with van der Waals surface area (Å²) in [7, 11) is 0. The van der Waals surface area contributed by atoms with Crippen molar-refractivity contribution in [2.45, 2.75) is 77.8 Å². The lowest BCUT2D eigenvalue weighted by molar-refractivity contribution is -0.123. The Morgan fingerprint density at radius 3 is 2.54 bits per heavy atom. The monoisotopic (exact) mass is 512 g/mol. The van der Waals surface area contributed by atoms with Crippen LogP contribution in [-0.4, -0.2) is 41.4 Å². The Bertz CT molecular complexity index is 1010. The average molecular weight is 513 g/mol. The molecule has 0 bridgehead atoms. The second-order valence-corrected chi connectivity index (χ2v) is 9.41. The number of carbonyl (C=O) groups is 2. The van der Waals surface area contributed by atoms with E-state index in [4.69, 9.17) is 16.4 Å². The van der Waals surface area contributed by atoms with Crippen LogP contribution < -0.4 is 26.6 Å². The molecule has 10 nitrogen and oxygen atoms in total. The Morgan fingerprint density at radius 2 is 1.78 bits per heavy atom. The van der Waals surface area contributed by atoms with Gasteiger partial charge in [-0.25, -0.2) is 5.90 Å². The van der Waals surface area contributed by atoms with Gasteiger partial charge in [0.2, 0.25) is 5.91 Å². The number of aromatic nitrogens is 2. The number of hydrogen-bond acceptors (Lipinski definition) is 9. The van der Waals surface area contributed by atoms with Crippen LogP contribution in [0, 0.1) is 0 Å². The van der Waals surface area contributed by atoms with E-state index < -0.39 is 0 Å². The molecule has 10 heteroatoms. The zero-order valence-corrected chi connectivity index (χ0v) is 21.8. The van der Waals surface area contributed by atoms with Gasteiger partial charge in [-0.05, 0) is 36.9 Å². The molecule has 202 valence electrons. The molecular weight excluding hydrogens is 472 g/mol. The number of fused-ring (bicyclic) bond motifs is 1. The number of rotatable bonds is 18. The molecule has 1 aliphatic heterocycles. The number of nitrogen functional groups attached to an aromatic ring is 1. The van der Waals surface area contributed by atoms with Gasteiger partial charge in [0, 0.05) is 18.5 Å². The van der Waals surface area contributed by atoms with Gasteiger partial charge < -0.3 is 15.8 Å². The van der Waals surface area contributed by atoms with Gasteiger partial charge in [-0.1, -0.05) is 56.9 Å². The molecule has 5 N–H and O–H groups in total. The van der Waals surface area contributed by atoms with Crippen molar-refractivity contribution in [3.05, 3.63) is 41.0 Å². The number of nitrogens with one attached hydrogen (secondary N) is 1. The van der Waals surface area contributed by atoms with Crippen molar-refractivity contribution >= 4 is 23.3 Å². The van der Waals surface area contributed by atoms with Gasteiger partial charge in [0.1, 0.15) is 18.2 Å². The van der Waals surface area contributed by atoms with Crippen LogP contribution in [0.3, 0.4) is 0 Å². The number of ketones is 1. The van der Waals surface area contributed by atoms with Gasteiger partial charge in [0.05, 0.1) is 19.6 Å². The largest absolute Gasteiger partial charge is 0.463 e. The van der Waals surface area contributed by atoms with Crippen LogP contribution in [0.5, 0.6) is 6.01 Å². The Balaban J connectivity index is 1.40. The third kappa shape index (κ3) is 9.07. The summed E-state index contributed by atoms with van der Waals surface area (Å²) in [5, 5.41) is 3.48. The van der Waals surface area contributed by atoms with Crippen molar-refractivity contribution < 1.29 is 19.2 Å². The SMILES string of the molecule is CCCCOc1nc(N)c2c(n1)N(Cc1ccc(CNCCCCCCCC(=O)CON)cc1)C(=O)C2. The van der Waals surface area contributed by atoms with Crippen LogP contribution in [0.15, 0.2) is 24.3 Å². The summed E-state index contributed by atoms with van der Waals surface area (Å²) in [5.41, 5.74) is 8.98. The van der Waals surface area contributed by atoms with E-state index in [1.807, 2.05) is 12.1 Å². The highest BCUT2D eigenvalue weighted by Crippen LogP contribution is 2.33. The number of benzene rings is 1. The van der Waals surface area contributed by atoms with Crippen LogP contribution in [0.25, 0.3) is 0 Å². The quantitative estimate of drug-likeness (QED) is 0.202. The minimum atomic E-state index is -0.0383. The highest BCUT2D eigenvalue weighted by Gasteiger charge is 2.32. The predicted octanol–water partition coefficient (Wildman–Crippen LogP) is 3.22. The molecule has 1 aromatic carbocycles. The summed E-state index contributed by atoms with van der Waals surface area (Å²) in [6.45, 7) is 4.78. The van der Waals surface area contributed by atoms with Crippen molar-refractivity contribution in [1.82, 2.24) is 15.3 Å². The summed E-state index contributed by atoms with van der Waals surface area (Å²) >= 11 is 0. The Labute approximate surface area is 219 Å². The molecule has 0 spiro atoms. The third-order valence-corrected chi connectivity index (χ3v) is 6.36. The maximum Gasteiger partial charge on any atom is 0.320 e. The second-order valence-electron chi connectivity index (χ2n) is 9.41. The molecule has 0 atom stereocenters. The number of nitrogens with zero attached hydrogens (tertiary/aromatic N) is 3. The van der Waals surface area contributed by atoms with Crippen molar-refractivity contribution in [1.29, 1.82) is 0 Å². The van der Waals surface area contributed by atoms with E-state index in [0.717, 1.165) is 63.6 Å². The first kappa shape index (κ1) is 28.5. The fraction of sp³-hybridized carbons (Fsp3) is 0.556. The number of Topliss-reactive ketones (excluding diaryl/α,β-unsaturated/α-hetero) is 1. The molecule has 0 aliphatic carbocycles. The van der Waals surface area contributed by atoms with E-state index >= 15 is 0 Å². The maximum atomic E-state index is 12.7. The summed E-state index contributed by atoms with van der Waals surface area (Å²) < 4.78 is 5.63. The number of nitrogens with two attached hydrogens (primary N) is 2. The van der Waals surface area contributed by atoms with Gasteiger partial charge in [0.15, 0.2) is 5.78 Å². The Hall–Kier alpha value is -3.08. The normalized spacial score (nSPS) is 12.7. The summed E-state index contributed by atoms with van der Waals surface area (Å²) in [6, 6.07) is 8.47. The number of unbranched alkanes of at least 4 members (excludes halogenated alkanes) is 5. The zero-order valence-electron chi connectivity index (χ0n) is 21.8. The van der Waals surface area contributed by atoms with E-state index in [-0.39, 0.29) is 30.7 Å². The van der Waals surface area contributed by atoms with E-state index in [1.54, 1.807) is 4.90 Å². The number of hydrogen-bond donors (Lipinski definition) is 3. The smallest absolute Gasteiger partial charge is 0.320 e. The Kier molecular flexibility index (Phi) is 11.7. The van der Waals surface area contributed by atoms with Crippen molar-refractivity contribution in [3.63, 3.8) is 0 Å². The fourth-order valence-corrected chi connectivity index (χ4v) is 4.21. The standard InChI is InChI=1S/C27H40N6O4/c1-2-3-15-36-27-31-25(28)23-16-24(35)33(26(23)32-27)18-21-12-10-20(11-13-21)17-30-14-8-6-4-5-7-9-22(34)19-37-29/h10-13,30H,2-9,14-19,29H2,1H3,(H2,28,31,32). The Morgan fingerprint density at radius 1 is 1.05 bits per heavy atom.